The van der Waals surface area contributed by atoms with E-state index in [1.807, 2.05) is 0 Å². The fourth-order valence-corrected chi connectivity index (χ4v) is 6.52. The first-order valence-electron chi connectivity index (χ1n) is 16.9. The number of hydrogen-bond acceptors (Lipinski definition) is 10. The molecule has 2 saturated carbocycles. The molecule has 1 heterocycles. The summed E-state index contributed by atoms with van der Waals surface area (Å²) in [5, 5.41) is 12.0. The molecule has 53 heavy (non-hydrogen) atoms. The Kier molecular flexibility index (Phi) is 12.9. The van der Waals surface area contributed by atoms with Crippen molar-refractivity contribution in [3.05, 3.63) is 86.3 Å². The van der Waals surface area contributed by atoms with Gasteiger partial charge in [0.1, 0.15) is 27.5 Å². The van der Waals surface area contributed by atoms with Crippen molar-refractivity contribution >= 4 is 45.2 Å². The Morgan fingerprint density at radius 2 is 1.57 bits per heavy atom. The zero-order chi connectivity index (χ0) is 38.5. The van der Waals surface area contributed by atoms with E-state index in [2.05, 4.69) is 9.46 Å². The number of aromatic nitrogens is 1. The Morgan fingerprint density at radius 1 is 0.943 bits per heavy atom. The van der Waals surface area contributed by atoms with Gasteiger partial charge < -0.3 is 28.9 Å². The van der Waals surface area contributed by atoms with Gasteiger partial charge in [0, 0.05) is 24.1 Å². The van der Waals surface area contributed by atoms with Gasteiger partial charge in [-0.1, -0.05) is 35.3 Å². The number of ether oxygens (including phenoxy) is 5. The molecule has 1 N–H and O–H groups in total. The smallest absolute Gasteiger partial charge is 0.387 e. The topological polar surface area (TPSA) is 153 Å². The maximum atomic E-state index is 13.8. The van der Waals surface area contributed by atoms with Gasteiger partial charge in [-0.15, -0.1) is 0 Å². The van der Waals surface area contributed by atoms with Gasteiger partial charge in [-0.25, -0.2) is 17.9 Å². The van der Waals surface area contributed by atoms with Crippen molar-refractivity contribution in [1.82, 2.24) is 4.72 Å². The summed E-state index contributed by atoms with van der Waals surface area (Å²) in [7, 11) is -4.09. The number of sulfonamides is 1. The van der Waals surface area contributed by atoms with Crippen molar-refractivity contribution in [2.45, 2.75) is 77.7 Å². The van der Waals surface area contributed by atoms with Crippen LogP contribution in [-0.2, 0) is 37.3 Å². The molecule has 0 amide bonds. The third-order valence-corrected chi connectivity index (χ3v) is 9.96. The van der Waals surface area contributed by atoms with Crippen LogP contribution in [0.25, 0.3) is 0 Å². The molecular formula is C36H40Cl2F2N2O10S. The lowest BCUT2D eigenvalue weighted by atomic mass is 10.0. The maximum Gasteiger partial charge on any atom is 0.387 e. The van der Waals surface area contributed by atoms with E-state index in [1.165, 1.54) is 36.4 Å². The highest BCUT2D eigenvalue weighted by Gasteiger charge is 2.29. The van der Waals surface area contributed by atoms with E-state index in [9.17, 15) is 32.0 Å². The largest absolute Gasteiger partial charge is 0.619 e. The van der Waals surface area contributed by atoms with E-state index in [4.69, 9.17) is 42.1 Å². The molecule has 12 nitrogen and oxygen atoms in total. The van der Waals surface area contributed by atoms with Crippen LogP contribution < -0.4 is 23.7 Å². The van der Waals surface area contributed by atoms with Gasteiger partial charge in [0.25, 0.3) is 0 Å². The van der Waals surface area contributed by atoms with Gasteiger partial charge in [0.05, 0.1) is 18.8 Å². The highest BCUT2D eigenvalue weighted by Crippen LogP contribution is 2.38. The van der Waals surface area contributed by atoms with Crippen molar-refractivity contribution < 1.29 is 55.2 Å². The van der Waals surface area contributed by atoms with Crippen LogP contribution in [0.5, 0.6) is 17.2 Å². The zero-order valence-electron chi connectivity index (χ0n) is 29.2. The molecule has 1 atom stereocenters. The minimum absolute atomic E-state index is 0.00523. The fourth-order valence-electron chi connectivity index (χ4n) is 5.08. The van der Waals surface area contributed by atoms with E-state index in [-0.39, 0.29) is 63.9 Å². The quantitative estimate of drug-likeness (QED) is 0.0835. The Balaban J connectivity index is 1.41. The number of pyridine rings is 1. The van der Waals surface area contributed by atoms with Crippen molar-refractivity contribution in [3.63, 3.8) is 0 Å². The van der Waals surface area contributed by atoms with Crippen LogP contribution in [0.2, 0.25) is 10.0 Å². The minimum Gasteiger partial charge on any atom is -0.619 e. The van der Waals surface area contributed by atoms with E-state index >= 15 is 0 Å². The molecule has 2 aliphatic carbocycles. The third kappa shape index (κ3) is 12.6. The number of esters is 2. The molecule has 2 aliphatic rings. The van der Waals surface area contributed by atoms with Crippen molar-refractivity contribution in [3.8, 4) is 17.2 Å². The van der Waals surface area contributed by atoms with Gasteiger partial charge in [-0.3, -0.25) is 4.79 Å². The highest BCUT2D eigenvalue weighted by atomic mass is 35.5. The van der Waals surface area contributed by atoms with Crippen molar-refractivity contribution in [2.24, 2.45) is 11.8 Å². The number of rotatable bonds is 18. The lowest BCUT2D eigenvalue weighted by molar-refractivity contribution is -0.605. The predicted molar refractivity (Wildman–Crippen MR) is 190 cm³/mol. The average molecular weight is 802 g/mol. The molecule has 288 valence electrons. The SMILES string of the molecule is CC(C)(C)OC(=O)CS(=O)(=O)NCc1ccc(C(=O)O[C@@H](Cc2c(Cl)c[n+]([O-])cc2Cl)c2ccc(OC(F)F)c(OCC3CC3)c2)cc1OCC1CC1. The first-order chi connectivity index (χ1) is 24.9. The number of carbonyl (C=O) groups excluding carboxylic acids is 2. The molecule has 0 saturated heterocycles. The predicted octanol–water partition coefficient (Wildman–Crippen LogP) is 6.71. The summed E-state index contributed by atoms with van der Waals surface area (Å²) in [5.74, 6) is -1.98. The molecule has 0 radical (unpaired) electrons. The number of hydrogen-bond donors (Lipinski definition) is 1. The van der Waals surface area contributed by atoms with Crippen molar-refractivity contribution in [1.29, 1.82) is 0 Å². The van der Waals surface area contributed by atoms with Crippen LogP contribution in [0.3, 0.4) is 0 Å². The summed E-state index contributed by atoms with van der Waals surface area (Å²) in [6.45, 7) is 2.13. The third-order valence-electron chi connectivity index (χ3n) is 8.11. The lowest BCUT2D eigenvalue weighted by Gasteiger charge is -2.22. The van der Waals surface area contributed by atoms with Gasteiger partial charge in [0.2, 0.25) is 10.0 Å². The van der Waals surface area contributed by atoms with Gasteiger partial charge in [0.15, 0.2) is 29.6 Å². The monoisotopic (exact) mass is 800 g/mol. The molecule has 3 aromatic rings. The Labute approximate surface area is 316 Å². The second-order valence-corrected chi connectivity index (χ2v) is 16.6. The summed E-state index contributed by atoms with van der Waals surface area (Å²) >= 11 is 12.8. The van der Waals surface area contributed by atoms with Crippen molar-refractivity contribution in [2.75, 3.05) is 19.0 Å². The molecule has 1 aromatic heterocycles. The molecule has 0 aliphatic heterocycles. The van der Waals surface area contributed by atoms with Crippen LogP contribution in [-0.4, -0.2) is 51.5 Å². The lowest BCUT2D eigenvalue weighted by Crippen LogP contribution is -2.34. The van der Waals surface area contributed by atoms with E-state index in [0.717, 1.165) is 38.1 Å². The van der Waals surface area contributed by atoms with Crippen LogP contribution in [0, 0.1) is 17.0 Å². The fraction of sp³-hybridized carbons (Fsp3) is 0.472. The molecule has 5 rings (SSSR count). The Hall–Kier alpha value is -3.92. The number of nitrogens with one attached hydrogen (secondary N) is 1. The minimum atomic E-state index is -4.09. The zero-order valence-corrected chi connectivity index (χ0v) is 31.6. The second kappa shape index (κ2) is 17.0. The summed E-state index contributed by atoms with van der Waals surface area (Å²) in [4.78, 5) is 26.0. The molecule has 0 spiro atoms. The number of alkyl halides is 2. The van der Waals surface area contributed by atoms with E-state index < -0.39 is 46.0 Å². The maximum absolute atomic E-state index is 13.8. The molecular weight excluding hydrogens is 761 g/mol. The second-order valence-electron chi connectivity index (χ2n) is 14.0. The van der Waals surface area contributed by atoms with E-state index in [0.29, 0.717) is 28.4 Å². The molecule has 2 fully saturated rings. The van der Waals surface area contributed by atoms with Crippen LogP contribution in [0.1, 0.15) is 79.6 Å². The Bertz CT molecular complexity index is 1900. The summed E-state index contributed by atoms with van der Waals surface area (Å²) < 4.78 is 82.3. The standard InChI is InChI=1S/C36H40Cl2F2N2O10S/c1-36(2,3)52-33(43)20-53(46,47)41-15-25-9-8-24(13-30(25)48-18-21-4-5-21)34(44)50-31(14-26-27(37)16-42(45)17-28(26)38)23-10-11-29(51-35(39)40)32(12-23)49-19-22-6-7-22/h8-13,16-17,21-22,31,35,41H,4-7,14-15,18-20H2,1-3H3/t31-/m0/s1. The summed E-state index contributed by atoms with van der Waals surface area (Å²) in [6.07, 6.45) is 4.75. The number of nitrogens with zero attached hydrogens (tertiary/aromatic N) is 1. The molecule has 0 bridgehead atoms. The molecule has 17 heteroatoms. The normalized spacial score (nSPS) is 15.2. The summed E-state index contributed by atoms with van der Waals surface area (Å²) in [5.41, 5.74) is 0.197. The van der Waals surface area contributed by atoms with Gasteiger partial charge in [-0.2, -0.15) is 13.5 Å². The summed E-state index contributed by atoms with van der Waals surface area (Å²) in [6, 6.07) is 8.51. The average Bonchev–Trinajstić information content (AvgIpc) is 3.98. The number of benzene rings is 2. The molecule has 0 unspecified atom stereocenters. The van der Waals surface area contributed by atoms with Gasteiger partial charge >= 0.3 is 18.6 Å². The Morgan fingerprint density at radius 3 is 2.15 bits per heavy atom. The van der Waals surface area contributed by atoms with E-state index in [1.54, 1.807) is 20.8 Å². The molecule has 2 aromatic carbocycles. The highest BCUT2D eigenvalue weighted by molar-refractivity contribution is 7.90. The van der Waals surface area contributed by atoms with Crippen LogP contribution in [0.15, 0.2) is 48.8 Å². The van der Waals surface area contributed by atoms with Crippen LogP contribution in [0.4, 0.5) is 8.78 Å². The number of carbonyl (C=O) groups is 2. The van der Waals surface area contributed by atoms with Crippen LogP contribution >= 0.6 is 23.2 Å². The first kappa shape index (κ1) is 40.3. The first-order valence-corrected chi connectivity index (χ1v) is 19.3. The van der Waals surface area contributed by atoms with Gasteiger partial charge in [-0.05, 0) is 88.1 Å². The number of halogens is 4.